The van der Waals surface area contributed by atoms with E-state index in [1.54, 1.807) is 31.4 Å². The van der Waals surface area contributed by atoms with Crippen molar-refractivity contribution < 1.29 is 28.8 Å². The van der Waals surface area contributed by atoms with Crippen LogP contribution >= 0.6 is 0 Å². The van der Waals surface area contributed by atoms with Gasteiger partial charge in [0, 0.05) is 11.6 Å². The third kappa shape index (κ3) is 3.45. The van der Waals surface area contributed by atoms with Gasteiger partial charge in [0.25, 0.3) is 6.47 Å². The molecule has 0 spiro atoms. The number of carbonyl (C=O) groups is 1. The first-order valence-electron chi connectivity index (χ1n) is 9.06. The molecule has 6 nitrogen and oxygen atoms in total. The molecular formula is C23H20O6. The Morgan fingerprint density at radius 3 is 2.41 bits per heavy atom. The lowest BCUT2D eigenvalue weighted by Gasteiger charge is -2.20. The Labute approximate surface area is 168 Å². The highest BCUT2D eigenvalue weighted by atomic mass is 16.5. The average molecular weight is 392 g/mol. The van der Waals surface area contributed by atoms with Crippen LogP contribution in [0.15, 0.2) is 60.7 Å². The number of phenolic OH excluding ortho intramolecular Hbond substituents is 1. The number of ether oxygens (including phenoxy) is 4. The van der Waals surface area contributed by atoms with Crippen LogP contribution in [-0.2, 0) is 4.79 Å². The van der Waals surface area contributed by atoms with Gasteiger partial charge in [-0.15, -0.1) is 0 Å². The van der Waals surface area contributed by atoms with Crippen LogP contribution in [-0.4, -0.2) is 25.8 Å². The molecule has 0 radical (unpaired) electrons. The molecule has 1 N–H and O–H groups in total. The lowest BCUT2D eigenvalue weighted by molar-refractivity contribution is -0.120. The van der Waals surface area contributed by atoms with Crippen LogP contribution in [0.5, 0.6) is 28.7 Å². The minimum Gasteiger partial charge on any atom is -0.504 e. The zero-order valence-corrected chi connectivity index (χ0v) is 16.0. The number of methoxy groups -OCH3 is 2. The van der Waals surface area contributed by atoms with E-state index >= 15 is 0 Å². The Hall–Kier alpha value is -3.67. The first-order chi connectivity index (χ1) is 14.1. The van der Waals surface area contributed by atoms with Gasteiger partial charge >= 0.3 is 0 Å². The Morgan fingerprint density at radius 1 is 0.931 bits per heavy atom. The highest BCUT2D eigenvalue weighted by Crippen LogP contribution is 2.52. The van der Waals surface area contributed by atoms with Crippen LogP contribution < -0.4 is 18.9 Å². The average Bonchev–Trinajstić information content (AvgIpc) is 3.11. The predicted molar refractivity (Wildman–Crippen MR) is 106 cm³/mol. The number of carbonyl (C=O) groups excluding carboxylic acids is 1. The molecule has 0 aromatic heterocycles. The third-order valence-corrected chi connectivity index (χ3v) is 5.05. The molecule has 1 aliphatic rings. The highest BCUT2D eigenvalue weighted by Gasteiger charge is 2.38. The van der Waals surface area contributed by atoms with Gasteiger partial charge in [-0.1, -0.05) is 24.3 Å². The maximum Gasteiger partial charge on any atom is 0.298 e. The topological polar surface area (TPSA) is 74.2 Å². The SMILES string of the molecule is COc1ccc([C@H]2Oc3cc(OC)c(O)cc3[C@@H]2c2cccc(OC=O)c2)cc1. The summed E-state index contributed by atoms with van der Waals surface area (Å²) >= 11 is 0. The minimum atomic E-state index is -0.339. The van der Waals surface area contributed by atoms with Gasteiger partial charge in [-0.3, -0.25) is 4.79 Å². The Morgan fingerprint density at radius 2 is 1.72 bits per heavy atom. The normalized spacial score (nSPS) is 17.2. The van der Waals surface area contributed by atoms with Crippen LogP contribution in [0.3, 0.4) is 0 Å². The van der Waals surface area contributed by atoms with E-state index in [0.717, 1.165) is 22.4 Å². The van der Waals surface area contributed by atoms with E-state index in [1.165, 1.54) is 7.11 Å². The zero-order chi connectivity index (χ0) is 20.4. The molecule has 6 heteroatoms. The van der Waals surface area contributed by atoms with Crippen molar-refractivity contribution in [3.05, 3.63) is 77.4 Å². The number of benzene rings is 3. The number of rotatable bonds is 6. The van der Waals surface area contributed by atoms with Crippen LogP contribution in [0.1, 0.15) is 28.7 Å². The van der Waals surface area contributed by atoms with Crippen LogP contribution in [0.2, 0.25) is 0 Å². The van der Waals surface area contributed by atoms with Gasteiger partial charge in [0.2, 0.25) is 0 Å². The van der Waals surface area contributed by atoms with E-state index in [9.17, 15) is 9.90 Å². The van der Waals surface area contributed by atoms with E-state index in [-0.39, 0.29) is 17.8 Å². The lowest BCUT2D eigenvalue weighted by atomic mass is 9.85. The summed E-state index contributed by atoms with van der Waals surface area (Å²) in [5.41, 5.74) is 2.67. The zero-order valence-electron chi connectivity index (χ0n) is 16.0. The van der Waals surface area contributed by atoms with Gasteiger partial charge in [-0.25, -0.2) is 0 Å². The van der Waals surface area contributed by atoms with E-state index in [0.29, 0.717) is 23.7 Å². The highest BCUT2D eigenvalue weighted by molar-refractivity contribution is 5.58. The summed E-state index contributed by atoms with van der Waals surface area (Å²) in [5, 5.41) is 10.3. The predicted octanol–water partition coefficient (Wildman–Crippen LogP) is 4.21. The number of aromatic hydroxyl groups is 1. The molecule has 0 amide bonds. The van der Waals surface area contributed by atoms with Crippen molar-refractivity contribution in [3.8, 4) is 28.7 Å². The molecule has 0 aliphatic carbocycles. The van der Waals surface area contributed by atoms with Gasteiger partial charge in [0.1, 0.15) is 23.4 Å². The standard InChI is InChI=1S/C23H20O6/c1-26-16-8-6-14(7-9-16)23-22(15-4-3-5-17(10-15)28-13-24)18-11-19(25)21(27-2)12-20(18)29-23/h3-13,22-23,25H,1-2H3/t22-,23+/m0/s1. The summed E-state index contributed by atoms with van der Waals surface area (Å²) in [6.07, 6.45) is -0.339. The molecule has 0 saturated heterocycles. The fourth-order valence-corrected chi connectivity index (χ4v) is 3.69. The third-order valence-electron chi connectivity index (χ3n) is 5.05. The second kappa shape index (κ2) is 7.75. The fourth-order valence-electron chi connectivity index (χ4n) is 3.69. The molecule has 3 aromatic rings. The number of fused-ring (bicyclic) bond motifs is 1. The maximum absolute atomic E-state index is 10.8. The summed E-state index contributed by atoms with van der Waals surface area (Å²) in [5.74, 6) is 1.99. The van der Waals surface area contributed by atoms with Gasteiger partial charge < -0.3 is 24.1 Å². The van der Waals surface area contributed by atoms with Crippen molar-refractivity contribution >= 4 is 6.47 Å². The first kappa shape index (κ1) is 18.7. The molecule has 1 heterocycles. The van der Waals surface area contributed by atoms with Crippen molar-refractivity contribution in [2.75, 3.05) is 14.2 Å². The van der Waals surface area contributed by atoms with Gasteiger partial charge in [0.05, 0.1) is 20.1 Å². The quantitative estimate of drug-likeness (QED) is 0.634. The Bertz CT molecular complexity index is 1030. The van der Waals surface area contributed by atoms with Crippen LogP contribution in [0, 0.1) is 0 Å². The molecule has 0 unspecified atom stereocenters. The molecular weight excluding hydrogens is 372 g/mol. The summed E-state index contributed by atoms with van der Waals surface area (Å²) in [6, 6.07) is 18.3. The molecule has 29 heavy (non-hydrogen) atoms. The van der Waals surface area contributed by atoms with Crippen molar-refractivity contribution in [3.63, 3.8) is 0 Å². The summed E-state index contributed by atoms with van der Waals surface area (Å²) in [7, 11) is 3.11. The maximum atomic E-state index is 10.8. The molecule has 4 rings (SSSR count). The van der Waals surface area contributed by atoms with Gasteiger partial charge in [0.15, 0.2) is 11.5 Å². The number of hydrogen-bond acceptors (Lipinski definition) is 6. The minimum absolute atomic E-state index is 0.0375. The van der Waals surface area contributed by atoms with Gasteiger partial charge in [-0.05, 0) is 41.5 Å². The molecule has 148 valence electrons. The Kier molecular flexibility index (Phi) is 4.99. The smallest absolute Gasteiger partial charge is 0.298 e. The number of hydrogen-bond donors (Lipinski definition) is 1. The molecule has 0 bridgehead atoms. The second-order valence-electron chi connectivity index (χ2n) is 6.64. The molecule has 2 atom stereocenters. The second-order valence-corrected chi connectivity index (χ2v) is 6.64. The fraction of sp³-hybridized carbons (Fsp3) is 0.174. The van der Waals surface area contributed by atoms with E-state index in [2.05, 4.69) is 0 Å². The largest absolute Gasteiger partial charge is 0.504 e. The van der Waals surface area contributed by atoms with E-state index in [1.807, 2.05) is 36.4 Å². The van der Waals surface area contributed by atoms with Crippen molar-refractivity contribution in [2.45, 2.75) is 12.0 Å². The van der Waals surface area contributed by atoms with Crippen molar-refractivity contribution in [1.82, 2.24) is 0 Å². The molecule has 1 aliphatic heterocycles. The van der Waals surface area contributed by atoms with E-state index in [4.69, 9.17) is 18.9 Å². The molecule has 0 saturated carbocycles. The summed E-state index contributed by atoms with van der Waals surface area (Å²) in [6.45, 7) is 0.399. The van der Waals surface area contributed by atoms with Crippen LogP contribution in [0.4, 0.5) is 0 Å². The Balaban J connectivity index is 1.83. The van der Waals surface area contributed by atoms with E-state index < -0.39 is 0 Å². The monoisotopic (exact) mass is 392 g/mol. The van der Waals surface area contributed by atoms with Gasteiger partial charge in [-0.2, -0.15) is 0 Å². The summed E-state index contributed by atoms with van der Waals surface area (Å²) in [4.78, 5) is 10.8. The van der Waals surface area contributed by atoms with Crippen molar-refractivity contribution in [1.29, 1.82) is 0 Å². The molecule has 0 fully saturated rings. The number of phenols is 1. The molecule has 3 aromatic carbocycles. The summed E-state index contributed by atoms with van der Waals surface area (Å²) < 4.78 is 21.8. The van der Waals surface area contributed by atoms with Crippen molar-refractivity contribution in [2.24, 2.45) is 0 Å². The van der Waals surface area contributed by atoms with Crippen LogP contribution in [0.25, 0.3) is 0 Å². The first-order valence-corrected chi connectivity index (χ1v) is 9.06. The lowest BCUT2D eigenvalue weighted by Crippen LogP contribution is -2.11.